The average molecular weight is 495 g/mol. The Morgan fingerprint density at radius 3 is 2.14 bits per heavy atom. The van der Waals surface area contributed by atoms with Gasteiger partial charge in [0, 0.05) is 5.69 Å². The fourth-order valence-electron chi connectivity index (χ4n) is 4.78. The lowest BCUT2D eigenvalue weighted by atomic mass is 9.98. The molecule has 0 saturated heterocycles. The quantitative estimate of drug-likeness (QED) is 0.459. The number of aryl methyl sites for hydroxylation is 2. The van der Waals surface area contributed by atoms with Crippen molar-refractivity contribution in [2.45, 2.75) is 77.9 Å². The van der Waals surface area contributed by atoms with Gasteiger partial charge in [-0.05, 0) is 92.8 Å². The summed E-state index contributed by atoms with van der Waals surface area (Å²) in [6, 6.07) is 12.5. The molecule has 2 aromatic carbocycles. The minimum Gasteiger partial charge on any atom is -0.477 e. The van der Waals surface area contributed by atoms with E-state index in [2.05, 4.69) is 16.7 Å². The molecule has 1 saturated carbocycles. The van der Waals surface area contributed by atoms with Crippen LogP contribution in [0.4, 0.5) is 5.69 Å². The fraction of sp³-hybridized carbons (Fsp3) is 0.483. The standard InChI is InChI=1S/C29H38N2O5/c1-19(2)14-25(27(33)35-5)31-28(34)29(12-6-7-13-29)36-24-10-8-22(9-11-24)18-26(32)30-23-16-20(3)15-21(4)17-23/h8-11,15-17,19,25H,6-7,12-14,18H2,1-5H3,(H,30,32)(H,31,34)/t25-/m0/s1. The number of carbonyl (C=O) groups excluding carboxylic acids is 3. The lowest BCUT2D eigenvalue weighted by molar-refractivity contribution is -0.148. The molecule has 2 amide bonds. The van der Waals surface area contributed by atoms with Crippen LogP contribution in [0.5, 0.6) is 5.75 Å². The predicted molar refractivity (Wildman–Crippen MR) is 140 cm³/mol. The normalized spacial score (nSPS) is 15.3. The third kappa shape index (κ3) is 7.33. The molecule has 0 aromatic heterocycles. The molecule has 7 nitrogen and oxygen atoms in total. The lowest BCUT2D eigenvalue weighted by Gasteiger charge is -2.31. The van der Waals surface area contributed by atoms with Crippen LogP contribution < -0.4 is 15.4 Å². The minimum atomic E-state index is -1.02. The van der Waals surface area contributed by atoms with E-state index in [1.165, 1.54) is 7.11 Å². The first-order chi connectivity index (χ1) is 17.1. The molecule has 0 bridgehead atoms. The van der Waals surface area contributed by atoms with Crippen molar-refractivity contribution in [1.29, 1.82) is 0 Å². The summed E-state index contributed by atoms with van der Waals surface area (Å²) in [6.07, 6.45) is 3.62. The third-order valence-electron chi connectivity index (χ3n) is 6.43. The second-order valence-electron chi connectivity index (χ2n) is 10.2. The van der Waals surface area contributed by atoms with Gasteiger partial charge >= 0.3 is 5.97 Å². The van der Waals surface area contributed by atoms with E-state index < -0.39 is 17.6 Å². The first-order valence-corrected chi connectivity index (χ1v) is 12.6. The van der Waals surface area contributed by atoms with Gasteiger partial charge < -0.3 is 20.1 Å². The van der Waals surface area contributed by atoms with Gasteiger partial charge in [-0.15, -0.1) is 0 Å². The Hall–Kier alpha value is -3.35. The van der Waals surface area contributed by atoms with Crippen LogP contribution in [-0.2, 0) is 25.5 Å². The van der Waals surface area contributed by atoms with Crippen LogP contribution in [0, 0.1) is 19.8 Å². The second kappa shape index (κ2) is 12.1. The van der Waals surface area contributed by atoms with Gasteiger partial charge in [0.15, 0.2) is 5.60 Å². The number of benzene rings is 2. The van der Waals surface area contributed by atoms with Gasteiger partial charge in [0.1, 0.15) is 11.8 Å². The van der Waals surface area contributed by atoms with Crippen molar-refractivity contribution in [3.05, 3.63) is 59.2 Å². The fourth-order valence-corrected chi connectivity index (χ4v) is 4.78. The van der Waals surface area contributed by atoms with Gasteiger partial charge in [0.2, 0.25) is 5.91 Å². The third-order valence-corrected chi connectivity index (χ3v) is 6.43. The molecule has 1 atom stereocenters. The van der Waals surface area contributed by atoms with Crippen molar-refractivity contribution in [1.82, 2.24) is 5.32 Å². The van der Waals surface area contributed by atoms with Gasteiger partial charge in [-0.3, -0.25) is 9.59 Å². The van der Waals surface area contributed by atoms with Crippen molar-refractivity contribution < 1.29 is 23.9 Å². The summed E-state index contributed by atoms with van der Waals surface area (Å²) in [4.78, 5) is 38.1. The molecule has 0 spiro atoms. The van der Waals surface area contributed by atoms with Gasteiger partial charge in [-0.2, -0.15) is 0 Å². The Morgan fingerprint density at radius 1 is 0.972 bits per heavy atom. The summed E-state index contributed by atoms with van der Waals surface area (Å²) in [5.74, 6) is -0.0561. The molecule has 7 heteroatoms. The topological polar surface area (TPSA) is 93.7 Å². The Labute approximate surface area is 213 Å². The smallest absolute Gasteiger partial charge is 0.328 e. The van der Waals surface area contributed by atoms with E-state index in [-0.39, 0.29) is 24.2 Å². The molecule has 2 aromatic rings. The van der Waals surface area contributed by atoms with E-state index in [4.69, 9.17) is 9.47 Å². The van der Waals surface area contributed by atoms with Crippen molar-refractivity contribution in [2.24, 2.45) is 5.92 Å². The Morgan fingerprint density at radius 2 is 1.58 bits per heavy atom. The molecule has 1 aliphatic rings. The lowest BCUT2D eigenvalue weighted by Crippen LogP contribution is -2.54. The van der Waals surface area contributed by atoms with Crippen LogP contribution in [0.1, 0.15) is 62.6 Å². The first-order valence-electron chi connectivity index (χ1n) is 12.6. The van der Waals surface area contributed by atoms with Gasteiger partial charge in [0.25, 0.3) is 5.91 Å². The van der Waals surface area contributed by atoms with Crippen LogP contribution in [0.25, 0.3) is 0 Å². The van der Waals surface area contributed by atoms with E-state index >= 15 is 0 Å². The molecule has 0 unspecified atom stereocenters. The van der Waals surface area contributed by atoms with Crippen molar-refractivity contribution in [3.63, 3.8) is 0 Å². The molecule has 36 heavy (non-hydrogen) atoms. The SMILES string of the molecule is COC(=O)[C@H](CC(C)C)NC(=O)C1(Oc2ccc(CC(=O)Nc3cc(C)cc(C)c3)cc2)CCCC1. The highest BCUT2D eigenvalue weighted by Crippen LogP contribution is 2.35. The Bertz CT molecular complexity index is 1050. The number of esters is 1. The molecule has 2 N–H and O–H groups in total. The predicted octanol–water partition coefficient (Wildman–Crippen LogP) is 4.88. The molecule has 3 rings (SSSR count). The number of hydrogen-bond acceptors (Lipinski definition) is 5. The average Bonchev–Trinajstić information content (AvgIpc) is 3.28. The highest BCUT2D eigenvalue weighted by Gasteiger charge is 2.45. The molecule has 1 fully saturated rings. The van der Waals surface area contributed by atoms with E-state index in [1.807, 2.05) is 52.0 Å². The summed E-state index contributed by atoms with van der Waals surface area (Å²) in [5.41, 5.74) is 2.80. The van der Waals surface area contributed by atoms with E-state index in [1.54, 1.807) is 12.1 Å². The van der Waals surface area contributed by atoms with E-state index in [9.17, 15) is 14.4 Å². The summed E-state index contributed by atoms with van der Waals surface area (Å²) in [7, 11) is 1.33. The Kier molecular flexibility index (Phi) is 9.13. The maximum Gasteiger partial charge on any atom is 0.328 e. The summed E-state index contributed by atoms with van der Waals surface area (Å²) >= 11 is 0. The number of carbonyl (C=O) groups is 3. The van der Waals surface area contributed by atoms with Gasteiger partial charge in [-0.25, -0.2) is 4.79 Å². The number of anilines is 1. The number of ether oxygens (including phenoxy) is 2. The monoisotopic (exact) mass is 494 g/mol. The summed E-state index contributed by atoms with van der Waals surface area (Å²) in [5, 5.41) is 5.83. The maximum atomic E-state index is 13.3. The van der Waals surface area contributed by atoms with Gasteiger partial charge in [-0.1, -0.05) is 32.0 Å². The summed E-state index contributed by atoms with van der Waals surface area (Å²) in [6.45, 7) is 7.98. The molecule has 0 aliphatic heterocycles. The Balaban J connectivity index is 1.65. The van der Waals surface area contributed by atoms with Crippen molar-refractivity contribution in [2.75, 3.05) is 12.4 Å². The zero-order chi connectivity index (χ0) is 26.3. The van der Waals surface area contributed by atoms with Crippen LogP contribution in [-0.4, -0.2) is 36.5 Å². The molecule has 0 heterocycles. The zero-order valence-electron chi connectivity index (χ0n) is 22.0. The molecule has 0 radical (unpaired) electrons. The molecule has 1 aliphatic carbocycles. The summed E-state index contributed by atoms with van der Waals surface area (Å²) < 4.78 is 11.2. The van der Waals surface area contributed by atoms with Crippen LogP contribution in [0.3, 0.4) is 0 Å². The number of amides is 2. The van der Waals surface area contributed by atoms with E-state index in [0.29, 0.717) is 25.0 Å². The highest BCUT2D eigenvalue weighted by atomic mass is 16.5. The number of rotatable bonds is 10. The largest absolute Gasteiger partial charge is 0.477 e. The van der Waals surface area contributed by atoms with Crippen LogP contribution in [0.2, 0.25) is 0 Å². The minimum absolute atomic E-state index is 0.0979. The van der Waals surface area contributed by atoms with Crippen LogP contribution in [0.15, 0.2) is 42.5 Å². The highest BCUT2D eigenvalue weighted by molar-refractivity contribution is 5.92. The number of methoxy groups -OCH3 is 1. The molecule has 194 valence electrons. The molecular weight excluding hydrogens is 456 g/mol. The van der Waals surface area contributed by atoms with Crippen molar-refractivity contribution in [3.8, 4) is 5.75 Å². The number of hydrogen-bond donors (Lipinski definition) is 2. The second-order valence-corrected chi connectivity index (χ2v) is 10.2. The molecular formula is C29H38N2O5. The number of nitrogens with one attached hydrogen (secondary N) is 2. The maximum absolute atomic E-state index is 13.3. The zero-order valence-corrected chi connectivity index (χ0v) is 22.0. The van der Waals surface area contributed by atoms with Crippen LogP contribution >= 0.6 is 0 Å². The van der Waals surface area contributed by atoms with E-state index in [0.717, 1.165) is 35.2 Å². The van der Waals surface area contributed by atoms with Crippen molar-refractivity contribution >= 4 is 23.5 Å². The first kappa shape index (κ1) is 27.2. The van der Waals surface area contributed by atoms with Gasteiger partial charge in [0.05, 0.1) is 13.5 Å².